The van der Waals surface area contributed by atoms with E-state index < -0.39 is 10.0 Å². The first-order valence-electron chi connectivity index (χ1n) is 5.92. The van der Waals surface area contributed by atoms with E-state index in [1.165, 1.54) is 0 Å². The molecule has 0 saturated heterocycles. The molecule has 0 bridgehead atoms. The van der Waals surface area contributed by atoms with Crippen LogP contribution in [0.3, 0.4) is 0 Å². The Labute approximate surface area is 118 Å². The van der Waals surface area contributed by atoms with Gasteiger partial charge in [0.1, 0.15) is 0 Å². The van der Waals surface area contributed by atoms with Crippen molar-refractivity contribution in [1.29, 1.82) is 0 Å². The molecule has 0 heterocycles. The highest BCUT2D eigenvalue weighted by Gasteiger charge is 2.13. The number of hydrogen-bond donors (Lipinski definition) is 2. The third-order valence-electron chi connectivity index (χ3n) is 2.73. The van der Waals surface area contributed by atoms with Crippen molar-refractivity contribution in [2.45, 2.75) is 4.90 Å². The topological polar surface area (TPSA) is 58.2 Å². The van der Waals surface area contributed by atoms with Crippen molar-refractivity contribution in [3.05, 3.63) is 54.1 Å². The maximum Gasteiger partial charge on any atom is 0.261 e. The minimum atomic E-state index is -3.61. The molecule has 2 rings (SSSR count). The fourth-order valence-electron chi connectivity index (χ4n) is 1.69. The smallest absolute Gasteiger partial charge is 0.261 e. The van der Waals surface area contributed by atoms with Crippen molar-refractivity contribution in [2.24, 2.45) is 0 Å². The van der Waals surface area contributed by atoms with E-state index in [2.05, 4.69) is 16.0 Å². The van der Waals surface area contributed by atoms with Gasteiger partial charge in [-0.1, -0.05) is 12.0 Å². The molecule has 0 aliphatic rings. The summed E-state index contributed by atoms with van der Waals surface area (Å²) in [5.41, 5.74) is 1.91. The molecule has 4 nitrogen and oxygen atoms in total. The Morgan fingerprint density at radius 1 is 1.05 bits per heavy atom. The zero-order chi connectivity index (χ0) is 14.6. The average molecular weight is 286 g/mol. The molecule has 0 saturated carbocycles. The SMILES string of the molecule is C#Cc1cccc(NS(=O)(=O)c2ccc(NC)cc2)c1. The molecule has 20 heavy (non-hydrogen) atoms. The lowest BCUT2D eigenvalue weighted by atomic mass is 10.2. The van der Waals surface area contributed by atoms with E-state index in [1.54, 1.807) is 55.6 Å². The van der Waals surface area contributed by atoms with Gasteiger partial charge in [-0.3, -0.25) is 4.72 Å². The predicted molar refractivity (Wildman–Crippen MR) is 81.2 cm³/mol. The highest BCUT2D eigenvalue weighted by atomic mass is 32.2. The molecule has 0 atom stereocenters. The van der Waals surface area contributed by atoms with Crippen LogP contribution in [0.5, 0.6) is 0 Å². The van der Waals surface area contributed by atoms with Gasteiger partial charge in [0.25, 0.3) is 10.0 Å². The number of nitrogens with one attached hydrogen (secondary N) is 2. The van der Waals surface area contributed by atoms with E-state index in [-0.39, 0.29) is 4.90 Å². The van der Waals surface area contributed by atoms with Crippen molar-refractivity contribution in [3.63, 3.8) is 0 Å². The van der Waals surface area contributed by atoms with Crippen LogP contribution in [0.15, 0.2) is 53.4 Å². The Kier molecular flexibility index (Phi) is 3.97. The molecule has 2 aromatic rings. The standard InChI is InChI=1S/C15H14N2O2S/c1-3-12-5-4-6-14(11-12)17-20(18,19)15-9-7-13(16-2)8-10-15/h1,4-11,16-17H,2H3. The molecule has 0 fully saturated rings. The fraction of sp³-hybridized carbons (Fsp3) is 0.0667. The van der Waals surface area contributed by atoms with Crippen molar-refractivity contribution in [1.82, 2.24) is 0 Å². The molecule has 0 amide bonds. The second-order valence-corrected chi connectivity index (χ2v) is 5.79. The number of benzene rings is 2. The highest BCUT2D eigenvalue weighted by molar-refractivity contribution is 7.92. The molecular weight excluding hydrogens is 272 g/mol. The van der Waals surface area contributed by atoms with Crippen LogP contribution in [0.1, 0.15) is 5.56 Å². The van der Waals surface area contributed by atoms with E-state index in [0.717, 1.165) is 5.69 Å². The summed E-state index contributed by atoms with van der Waals surface area (Å²) < 4.78 is 26.9. The summed E-state index contributed by atoms with van der Waals surface area (Å²) in [7, 11) is -1.84. The minimum Gasteiger partial charge on any atom is -0.388 e. The lowest BCUT2D eigenvalue weighted by molar-refractivity contribution is 0.601. The van der Waals surface area contributed by atoms with Crippen molar-refractivity contribution in [3.8, 4) is 12.3 Å². The number of rotatable bonds is 4. The maximum atomic E-state index is 12.2. The minimum absolute atomic E-state index is 0.197. The van der Waals surface area contributed by atoms with E-state index in [9.17, 15) is 8.42 Å². The summed E-state index contributed by atoms with van der Waals surface area (Å²) in [5, 5.41) is 2.93. The van der Waals surface area contributed by atoms with Crippen LogP contribution in [0.25, 0.3) is 0 Å². The second kappa shape index (κ2) is 5.68. The largest absolute Gasteiger partial charge is 0.388 e. The maximum absolute atomic E-state index is 12.2. The number of anilines is 2. The van der Waals surface area contributed by atoms with Gasteiger partial charge in [-0.25, -0.2) is 8.42 Å². The fourth-order valence-corrected chi connectivity index (χ4v) is 2.74. The first-order chi connectivity index (χ1) is 9.55. The Bertz CT molecular complexity index is 744. The Hall–Kier alpha value is -2.45. The Balaban J connectivity index is 2.28. The van der Waals surface area contributed by atoms with Gasteiger partial charge < -0.3 is 5.32 Å². The van der Waals surface area contributed by atoms with Crippen LogP contribution in [0.2, 0.25) is 0 Å². The molecule has 2 aromatic carbocycles. The number of sulfonamides is 1. The summed E-state index contributed by atoms with van der Waals surface area (Å²) >= 11 is 0. The van der Waals surface area contributed by atoms with Gasteiger partial charge in [0.15, 0.2) is 0 Å². The molecule has 0 unspecified atom stereocenters. The zero-order valence-corrected chi connectivity index (χ0v) is 11.7. The molecule has 0 aliphatic carbocycles. The molecule has 102 valence electrons. The van der Waals surface area contributed by atoms with Crippen molar-refractivity contribution >= 4 is 21.4 Å². The van der Waals surface area contributed by atoms with Gasteiger partial charge in [-0.15, -0.1) is 6.42 Å². The third kappa shape index (κ3) is 3.11. The molecule has 2 N–H and O–H groups in total. The second-order valence-electron chi connectivity index (χ2n) is 4.11. The van der Waals surface area contributed by atoms with Gasteiger partial charge in [-0.05, 0) is 42.5 Å². The van der Waals surface area contributed by atoms with Crippen LogP contribution in [0, 0.1) is 12.3 Å². The molecular formula is C15H14N2O2S. The summed E-state index contributed by atoms with van der Waals surface area (Å²) in [6.45, 7) is 0. The highest BCUT2D eigenvalue weighted by Crippen LogP contribution is 2.18. The molecule has 5 heteroatoms. The average Bonchev–Trinajstić information content (AvgIpc) is 2.47. The molecule has 0 spiro atoms. The van der Waals surface area contributed by atoms with Crippen LogP contribution < -0.4 is 10.0 Å². The first-order valence-corrected chi connectivity index (χ1v) is 7.41. The quantitative estimate of drug-likeness (QED) is 0.849. The predicted octanol–water partition coefficient (Wildman–Crippen LogP) is 2.51. The monoisotopic (exact) mass is 286 g/mol. The normalized spacial score (nSPS) is 10.6. The van der Waals surface area contributed by atoms with Gasteiger partial charge >= 0.3 is 0 Å². The summed E-state index contributed by atoms with van der Waals surface area (Å²) in [5.74, 6) is 2.46. The number of terminal acetylenes is 1. The van der Waals surface area contributed by atoms with Crippen LogP contribution in [0.4, 0.5) is 11.4 Å². The van der Waals surface area contributed by atoms with Gasteiger partial charge in [0.2, 0.25) is 0 Å². The molecule has 0 radical (unpaired) electrons. The molecule has 0 aliphatic heterocycles. The molecule has 0 aromatic heterocycles. The van der Waals surface area contributed by atoms with Crippen LogP contribution in [-0.4, -0.2) is 15.5 Å². The Morgan fingerprint density at radius 2 is 1.75 bits per heavy atom. The van der Waals surface area contributed by atoms with E-state index in [0.29, 0.717) is 11.3 Å². The zero-order valence-electron chi connectivity index (χ0n) is 10.9. The summed E-state index contributed by atoms with van der Waals surface area (Å²) in [6.07, 6.45) is 5.29. The summed E-state index contributed by atoms with van der Waals surface area (Å²) in [6, 6.07) is 13.2. The third-order valence-corrected chi connectivity index (χ3v) is 4.13. The van der Waals surface area contributed by atoms with E-state index in [1.807, 2.05) is 0 Å². The van der Waals surface area contributed by atoms with Gasteiger partial charge in [0, 0.05) is 18.3 Å². The summed E-state index contributed by atoms with van der Waals surface area (Å²) in [4.78, 5) is 0.197. The van der Waals surface area contributed by atoms with E-state index >= 15 is 0 Å². The lowest BCUT2D eigenvalue weighted by Crippen LogP contribution is -2.12. The lowest BCUT2D eigenvalue weighted by Gasteiger charge is -2.09. The first kappa shape index (κ1) is 14.0. The number of hydrogen-bond acceptors (Lipinski definition) is 3. The van der Waals surface area contributed by atoms with Crippen molar-refractivity contribution in [2.75, 3.05) is 17.1 Å². The Morgan fingerprint density at radius 3 is 2.35 bits per heavy atom. The van der Waals surface area contributed by atoms with Crippen LogP contribution in [-0.2, 0) is 10.0 Å². The van der Waals surface area contributed by atoms with Gasteiger partial charge in [-0.2, -0.15) is 0 Å². The van der Waals surface area contributed by atoms with Crippen molar-refractivity contribution < 1.29 is 8.42 Å². The van der Waals surface area contributed by atoms with Gasteiger partial charge in [0.05, 0.1) is 10.6 Å². The van der Waals surface area contributed by atoms with E-state index in [4.69, 9.17) is 6.42 Å². The van der Waals surface area contributed by atoms with Crippen LogP contribution >= 0.6 is 0 Å².